The van der Waals surface area contributed by atoms with Gasteiger partial charge in [0.15, 0.2) is 5.82 Å². The van der Waals surface area contributed by atoms with Crippen LogP contribution < -0.4 is 10.3 Å². The molecule has 6 rings (SSSR count). The number of methoxy groups -OCH3 is 1. The minimum Gasteiger partial charge on any atom is -0.497 e. The normalized spacial score (nSPS) is 11.3. The molecule has 38 heavy (non-hydrogen) atoms. The zero-order valence-electron chi connectivity index (χ0n) is 20.6. The van der Waals surface area contributed by atoms with Gasteiger partial charge in [0, 0.05) is 39.8 Å². The fourth-order valence-electron chi connectivity index (χ4n) is 4.75. The first-order valence-corrected chi connectivity index (χ1v) is 12.3. The van der Waals surface area contributed by atoms with Gasteiger partial charge in [0.25, 0.3) is 11.5 Å². The van der Waals surface area contributed by atoms with Gasteiger partial charge in [0.05, 0.1) is 29.9 Å². The lowest BCUT2D eigenvalue weighted by Crippen LogP contribution is -2.15. The number of benzene rings is 3. The zero-order chi connectivity index (χ0) is 26.4. The molecular weight excluding hydrogens is 502 g/mol. The van der Waals surface area contributed by atoms with Gasteiger partial charge < -0.3 is 4.74 Å². The molecule has 0 aliphatic carbocycles. The van der Waals surface area contributed by atoms with Crippen LogP contribution in [0.2, 0.25) is 5.02 Å². The third-order valence-electron chi connectivity index (χ3n) is 6.64. The van der Waals surface area contributed by atoms with E-state index in [1.165, 1.54) is 4.68 Å². The number of hydrogen-bond acceptors (Lipinski definition) is 5. The fraction of sp³-hybridized carbons (Fsp3) is 0.103. The Balaban J connectivity index is 1.44. The number of ether oxygens (including phenoxy) is 1. The highest BCUT2D eigenvalue weighted by Crippen LogP contribution is 2.31. The molecule has 0 bridgehead atoms. The molecule has 0 spiro atoms. The van der Waals surface area contributed by atoms with Crippen molar-refractivity contribution in [2.75, 3.05) is 7.11 Å². The zero-order valence-corrected chi connectivity index (χ0v) is 21.4. The number of nitrogens with zero attached hydrogens (tertiary/aromatic N) is 4. The van der Waals surface area contributed by atoms with Crippen molar-refractivity contribution in [1.82, 2.24) is 24.3 Å². The van der Waals surface area contributed by atoms with E-state index in [1.807, 2.05) is 49.4 Å². The van der Waals surface area contributed by atoms with Crippen LogP contribution in [0.25, 0.3) is 27.8 Å². The summed E-state index contributed by atoms with van der Waals surface area (Å²) in [6, 6.07) is 21.5. The minimum absolute atomic E-state index is 0.168. The van der Waals surface area contributed by atoms with Gasteiger partial charge in [-0.25, -0.2) is 4.98 Å². The lowest BCUT2D eigenvalue weighted by Gasteiger charge is -2.08. The molecule has 3 heterocycles. The molecule has 0 saturated heterocycles. The number of para-hydroxylation sites is 2. The molecule has 8 nitrogen and oxygen atoms in total. The maximum Gasteiger partial charge on any atom is 0.272 e. The van der Waals surface area contributed by atoms with Crippen molar-refractivity contribution in [3.8, 4) is 11.6 Å². The monoisotopic (exact) mass is 523 g/mol. The molecule has 0 fully saturated rings. The average molecular weight is 524 g/mol. The quantitative estimate of drug-likeness (QED) is 0.330. The maximum atomic E-state index is 13.6. The van der Waals surface area contributed by atoms with Crippen LogP contribution in [0.4, 0.5) is 0 Å². The summed E-state index contributed by atoms with van der Waals surface area (Å²) in [5, 5.41) is 4.59. The maximum absolute atomic E-state index is 13.6. The van der Waals surface area contributed by atoms with Crippen molar-refractivity contribution in [1.29, 1.82) is 0 Å². The van der Waals surface area contributed by atoms with Gasteiger partial charge in [-0.05, 0) is 67.1 Å². The van der Waals surface area contributed by atoms with Gasteiger partial charge in [-0.3, -0.25) is 24.2 Å². The molecule has 3 aromatic carbocycles. The molecule has 0 atom stereocenters. The first kappa shape index (κ1) is 23.7. The Morgan fingerprint density at radius 1 is 1.03 bits per heavy atom. The number of fused-ring (bicyclic) bond motifs is 2. The third kappa shape index (κ3) is 4.05. The second kappa shape index (κ2) is 9.32. The first-order chi connectivity index (χ1) is 18.4. The lowest BCUT2D eigenvalue weighted by molar-refractivity contribution is 0.0963. The molecular formula is C29H22ClN5O3. The molecule has 1 N–H and O–H groups in total. The summed E-state index contributed by atoms with van der Waals surface area (Å²) in [6.07, 6.45) is 1.95. The number of hydrogen-bond donors (Lipinski definition) is 1. The summed E-state index contributed by atoms with van der Waals surface area (Å²) < 4.78 is 8.53. The topological polar surface area (TPSA) is 94.8 Å². The minimum atomic E-state index is -0.249. The Bertz CT molecular complexity index is 1900. The highest BCUT2D eigenvalue weighted by Gasteiger charge is 2.21. The van der Waals surface area contributed by atoms with Crippen LogP contribution in [-0.2, 0) is 6.42 Å². The second-order valence-electron chi connectivity index (χ2n) is 8.94. The molecule has 3 aromatic heterocycles. The molecule has 6 aromatic rings. The number of aromatic amines is 1. The van der Waals surface area contributed by atoms with E-state index in [1.54, 1.807) is 48.2 Å². The molecule has 0 saturated carbocycles. The van der Waals surface area contributed by atoms with Crippen molar-refractivity contribution in [3.63, 3.8) is 0 Å². The van der Waals surface area contributed by atoms with Crippen molar-refractivity contribution in [2.45, 2.75) is 13.3 Å². The van der Waals surface area contributed by atoms with E-state index in [0.29, 0.717) is 39.8 Å². The Labute approximate surface area is 222 Å². The number of H-pyrrole nitrogens is 1. The Morgan fingerprint density at radius 2 is 1.79 bits per heavy atom. The Morgan fingerprint density at radius 3 is 2.55 bits per heavy atom. The number of halogens is 1. The van der Waals surface area contributed by atoms with Crippen molar-refractivity contribution in [2.24, 2.45) is 0 Å². The van der Waals surface area contributed by atoms with Crippen LogP contribution in [0.15, 0.2) is 83.8 Å². The summed E-state index contributed by atoms with van der Waals surface area (Å²) in [7, 11) is 1.60. The number of carbonyl (C=O) groups is 1. The molecule has 0 aliphatic heterocycles. The Hall–Kier alpha value is -4.69. The number of aromatic nitrogens is 5. The van der Waals surface area contributed by atoms with E-state index in [4.69, 9.17) is 16.3 Å². The summed E-state index contributed by atoms with van der Waals surface area (Å²) in [4.78, 5) is 35.5. The molecule has 188 valence electrons. The van der Waals surface area contributed by atoms with Crippen molar-refractivity contribution >= 4 is 39.4 Å². The van der Waals surface area contributed by atoms with E-state index >= 15 is 0 Å². The number of carbonyl (C=O) groups excluding carboxylic acids is 1. The number of nitrogens with one attached hydrogen (secondary N) is 1. The fourth-order valence-corrected chi connectivity index (χ4v) is 4.87. The highest BCUT2D eigenvalue weighted by molar-refractivity contribution is 6.30. The van der Waals surface area contributed by atoms with E-state index in [2.05, 4.69) is 15.1 Å². The van der Waals surface area contributed by atoms with Gasteiger partial charge in [0.1, 0.15) is 5.75 Å². The van der Waals surface area contributed by atoms with Gasteiger partial charge in [-0.15, -0.1) is 0 Å². The van der Waals surface area contributed by atoms with Crippen LogP contribution in [0.1, 0.15) is 27.3 Å². The first-order valence-electron chi connectivity index (χ1n) is 11.9. The lowest BCUT2D eigenvalue weighted by atomic mass is 10.1. The van der Waals surface area contributed by atoms with Crippen LogP contribution in [0.3, 0.4) is 0 Å². The predicted octanol–water partition coefficient (Wildman–Crippen LogP) is 5.31. The van der Waals surface area contributed by atoms with Crippen LogP contribution in [-0.4, -0.2) is 37.3 Å². The van der Waals surface area contributed by atoms with E-state index in [-0.39, 0.29) is 11.5 Å². The summed E-state index contributed by atoms with van der Waals surface area (Å²) in [5.41, 5.74) is 4.81. The van der Waals surface area contributed by atoms with Crippen molar-refractivity contribution in [3.05, 3.63) is 117 Å². The SMILES string of the molecule is COc1ccc2c(c1)c(Cc1cc(=O)n(-c3cnc4ccccc4n3)[nH]1)c(C)n2C(=O)c1ccc(Cl)cc1. The van der Waals surface area contributed by atoms with Gasteiger partial charge in [-0.1, -0.05) is 23.7 Å². The van der Waals surface area contributed by atoms with Gasteiger partial charge in [-0.2, -0.15) is 4.68 Å². The molecule has 0 unspecified atom stereocenters. The van der Waals surface area contributed by atoms with Crippen molar-refractivity contribution < 1.29 is 9.53 Å². The van der Waals surface area contributed by atoms with E-state index in [0.717, 1.165) is 27.7 Å². The highest BCUT2D eigenvalue weighted by atomic mass is 35.5. The van der Waals surface area contributed by atoms with Crippen LogP contribution in [0, 0.1) is 6.92 Å². The largest absolute Gasteiger partial charge is 0.497 e. The molecule has 0 amide bonds. The Kier molecular flexibility index (Phi) is 5.81. The van der Waals surface area contributed by atoms with Gasteiger partial charge in [0.2, 0.25) is 0 Å². The number of rotatable bonds is 5. The second-order valence-corrected chi connectivity index (χ2v) is 9.38. The summed E-state index contributed by atoms with van der Waals surface area (Å²) in [5.74, 6) is 0.907. The van der Waals surface area contributed by atoms with E-state index in [9.17, 15) is 9.59 Å². The molecule has 9 heteroatoms. The van der Waals surface area contributed by atoms with Gasteiger partial charge >= 0.3 is 0 Å². The smallest absolute Gasteiger partial charge is 0.272 e. The predicted molar refractivity (Wildman–Crippen MR) is 147 cm³/mol. The van der Waals surface area contributed by atoms with Crippen LogP contribution in [0.5, 0.6) is 5.75 Å². The van der Waals surface area contributed by atoms with Crippen LogP contribution >= 0.6 is 11.6 Å². The third-order valence-corrected chi connectivity index (χ3v) is 6.89. The molecule has 0 aliphatic rings. The van der Waals surface area contributed by atoms with E-state index < -0.39 is 0 Å². The molecule has 0 radical (unpaired) electrons. The summed E-state index contributed by atoms with van der Waals surface area (Å²) in [6.45, 7) is 1.90. The average Bonchev–Trinajstić information content (AvgIpc) is 3.44. The standard InChI is InChI=1S/C29H22ClN5O3/c1-17-22(13-20-14-28(36)35(33-20)27-16-31-24-5-3-4-6-25(24)32-27)23-15-21(38-2)11-12-26(23)34(17)29(37)18-7-9-19(30)10-8-18/h3-12,14-16,33H,13H2,1-2H3. The summed E-state index contributed by atoms with van der Waals surface area (Å²) >= 11 is 6.03.